The van der Waals surface area contributed by atoms with E-state index in [-0.39, 0.29) is 12.2 Å². The third kappa shape index (κ3) is 3.65. The Bertz CT molecular complexity index is 561. The molecule has 0 atom stereocenters. The first-order valence-electron chi connectivity index (χ1n) is 6.22. The minimum absolute atomic E-state index is 0.176. The fraction of sp³-hybridized carbons (Fsp3) is 0.188. The highest BCUT2D eigenvalue weighted by molar-refractivity contribution is 5.66. The summed E-state index contributed by atoms with van der Waals surface area (Å²) in [5.74, 6) is -1.01. The number of halogens is 1. The standard InChI is InChI=1S/C16H15FO2/c17-15-6-2-1-5-14(15)13-10-8-12(9-11-13)4-3-7-16(18)19/h1-2,5-6,8-11H,3-4,7H2,(H,18,19). The van der Waals surface area contributed by atoms with E-state index in [2.05, 4.69) is 0 Å². The maximum atomic E-state index is 13.6. The quantitative estimate of drug-likeness (QED) is 0.883. The number of hydrogen-bond acceptors (Lipinski definition) is 1. The Labute approximate surface area is 111 Å². The molecule has 2 nitrogen and oxygen atoms in total. The van der Waals surface area contributed by atoms with Crippen molar-refractivity contribution < 1.29 is 14.3 Å². The number of carbonyl (C=O) groups is 1. The fourth-order valence-corrected chi connectivity index (χ4v) is 1.99. The fourth-order valence-electron chi connectivity index (χ4n) is 1.99. The molecular formula is C16H15FO2. The third-order valence-electron chi connectivity index (χ3n) is 2.99. The van der Waals surface area contributed by atoms with Gasteiger partial charge in [0.2, 0.25) is 0 Å². The smallest absolute Gasteiger partial charge is 0.303 e. The summed E-state index contributed by atoms with van der Waals surface area (Å²) in [6.07, 6.45) is 1.52. The number of hydrogen-bond donors (Lipinski definition) is 1. The van der Waals surface area contributed by atoms with Crippen LogP contribution in [0.2, 0.25) is 0 Å². The van der Waals surface area contributed by atoms with Crippen molar-refractivity contribution in [3.05, 3.63) is 59.9 Å². The van der Waals surface area contributed by atoms with Crippen LogP contribution in [-0.4, -0.2) is 11.1 Å². The molecule has 0 aliphatic rings. The van der Waals surface area contributed by atoms with E-state index in [0.29, 0.717) is 12.0 Å². The van der Waals surface area contributed by atoms with Crippen molar-refractivity contribution in [3.8, 4) is 11.1 Å². The lowest BCUT2D eigenvalue weighted by atomic mass is 10.0. The molecule has 0 amide bonds. The molecule has 19 heavy (non-hydrogen) atoms. The van der Waals surface area contributed by atoms with Crippen LogP contribution in [0.3, 0.4) is 0 Å². The van der Waals surface area contributed by atoms with Gasteiger partial charge in [0.1, 0.15) is 5.82 Å². The summed E-state index contributed by atoms with van der Waals surface area (Å²) in [6.45, 7) is 0. The van der Waals surface area contributed by atoms with Crippen molar-refractivity contribution in [1.82, 2.24) is 0 Å². The first kappa shape index (κ1) is 13.3. The van der Waals surface area contributed by atoms with E-state index in [4.69, 9.17) is 5.11 Å². The zero-order valence-electron chi connectivity index (χ0n) is 10.5. The molecule has 2 aromatic carbocycles. The highest BCUT2D eigenvalue weighted by atomic mass is 19.1. The highest BCUT2D eigenvalue weighted by Crippen LogP contribution is 2.23. The second kappa shape index (κ2) is 6.14. The lowest BCUT2D eigenvalue weighted by Gasteiger charge is -2.05. The van der Waals surface area contributed by atoms with E-state index in [1.807, 2.05) is 24.3 Å². The largest absolute Gasteiger partial charge is 0.481 e. The number of aryl methyl sites for hydroxylation is 1. The molecule has 0 aliphatic carbocycles. The third-order valence-corrected chi connectivity index (χ3v) is 2.99. The summed E-state index contributed by atoms with van der Waals surface area (Å²) in [7, 11) is 0. The molecular weight excluding hydrogens is 243 g/mol. The Hall–Kier alpha value is -2.16. The zero-order valence-corrected chi connectivity index (χ0v) is 10.5. The summed E-state index contributed by atoms with van der Waals surface area (Å²) in [4.78, 5) is 10.4. The average Bonchev–Trinajstić information content (AvgIpc) is 2.40. The SMILES string of the molecule is O=C(O)CCCc1ccc(-c2ccccc2F)cc1. The molecule has 0 aliphatic heterocycles. The molecule has 0 unspecified atom stereocenters. The van der Waals surface area contributed by atoms with Gasteiger partial charge in [-0.2, -0.15) is 0 Å². The number of carboxylic acids is 1. The van der Waals surface area contributed by atoms with Crippen LogP contribution >= 0.6 is 0 Å². The first-order chi connectivity index (χ1) is 9.16. The Balaban J connectivity index is 2.06. The molecule has 0 spiro atoms. The molecule has 3 heteroatoms. The average molecular weight is 258 g/mol. The lowest BCUT2D eigenvalue weighted by molar-refractivity contribution is -0.137. The van der Waals surface area contributed by atoms with Crippen molar-refractivity contribution in [2.45, 2.75) is 19.3 Å². The molecule has 0 heterocycles. The maximum Gasteiger partial charge on any atom is 0.303 e. The van der Waals surface area contributed by atoms with E-state index < -0.39 is 5.97 Å². The molecule has 98 valence electrons. The molecule has 1 N–H and O–H groups in total. The van der Waals surface area contributed by atoms with Crippen molar-refractivity contribution in [3.63, 3.8) is 0 Å². The van der Waals surface area contributed by atoms with Gasteiger partial charge in [0.15, 0.2) is 0 Å². The van der Waals surface area contributed by atoms with Crippen molar-refractivity contribution in [2.75, 3.05) is 0 Å². The van der Waals surface area contributed by atoms with Crippen LogP contribution in [0.1, 0.15) is 18.4 Å². The van der Waals surface area contributed by atoms with Gasteiger partial charge in [0.05, 0.1) is 0 Å². The lowest BCUT2D eigenvalue weighted by Crippen LogP contribution is -1.95. The molecule has 0 fully saturated rings. The van der Waals surface area contributed by atoms with Crippen molar-refractivity contribution >= 4 is 5.97 Å². The summed E-state index contributed by atoms with van der Waals surface area (Å²) in [5.41, 5.74) is 2.49. The highest BCUT2D eigenvalue weighted by Gasteiger charge is 2.04. The molecule has 0 radical (unpaired) electrons. The Morgan fingerprint density at radius 2 is 1.74 bits per heavy atom. The maximum absolute atomic E-state index is 13.6. The Morgan fingerprint density at radius 1 is 1.05 bits per heavy atom. The van der Waals surface area contributed by atoms with Gasteiger partial charge in [-0.05, 0) is 30.0 Å². The van der Waals surface area contributed by atoms with Crippen LogP contribution in [0, 0.1) is 5.82 Å². The minimum atomic E-state index is -0.775. The summed E-state index contributed by atoms with van der Waals surface area (Å²) >= 11 is 0. The predicted octanol–water partition coefficient (Wildman–Crippen LogP) is 3.90. The summed E-state index contributed by atoms with van der Waals surface area (Å²) < 4.78 is 13.6. The van der Waals surface area contributed by atoms with Crippen LogP contribution in [0.25, 0.3) is 11.1 Å². The van der Waals surface area contributed by atoms with Gasteiger partial charge in [-0.3, -0.25) is 4.79 Å². The van der Waals surface area contributed by atoms with Crippen LogP contribution in [0.4, 0.5) is 4.39 Å². The normalized spacial score (nSPS) is 10.4. The van der Waals surface area contributed by atoms with E-state index >= 15 is 0 Å². The van der Waals surface area contributed by atoms with Crippen molar-refractivity contribution in [1.29, 1.82) is 0 Å². The molecule has 0 saturated carbocycles. The van der Waals surface area contributed by atoms with Crippen LogP contribution in [0.5, 0.6) is 0 Å². The Morgan fingerprint density at radius 3 is 2.37 bits per heavy atom. The number of carboxylic acid groups (broad SMARTS) is 1. The van der Waals surface area contributed by atoms with E-state index in [1.54, 1.807) is 18.2 Å². The minimum Gasteiger partial charge on any atom is -0.481 e. The molecule has 0 bridgehead atoms. The Kier molecular flexibility index (Phi) is 4.29. The van der Waals surface area contributed by atoms with Gasteiger partial charge in [-0.1, -0.05) is 42.5 Å². The van der Waals surface area contributed by atoms with Gasteiger partial charge in [-0.25, -0.2) is 4.39 Å². The molecule has 0 aromatic heterocycles. The number of rotatable bonds is 5. The molecule has 2 aromatic rings. The van der Waals surface area contributed by atoms with E-state index in [1.165, 1.54) is 6.07 Å². The predicted molar refractivity (Wildman–Crippen MR) is 72.4 cm³/mol. The summed E-state index contributed by atoms with van der Waals surface area (Å²) in [6, 6.07) is 14.2. The van der Waals surface area contributed by atoms with Crippen LogP contribution in [-0.2, 0) is 11.2 Å². The summed E-state index contributed by atoms with van der Waals surface area (Å²) in [5, 5.41) is 8.57. The van der Waals surface area contributed by atoms with Gasteiger partial charge in [0.25, 0.3) is 0 Å². The second-order valence-corrected chi connectivity index (χ2v) is 4.42. The molecule has 0 saturated heterocycles. The topological polar surface area (TPSA) is 37.3 Å². The van der Waals surface area contributed by atoms with E-state index in [0.717, 1.165) is 17.5 Å². The zero-order chi connectivity index (χ0) is 13.7. The van der Waals surface area contributed by atoms with Crippen molar-refractivity contribution in [2.24, 2.45) is 0 Å². The second-order valence-electron chi connectivity index (χ2n) is 4.42. The van der Waals surface area contributed by atoms with E-state index in [9.17, 15) is 9.18 Å². The van der Waals surface area contributed by atoms with Gasteiger partial charge in [-0.15, -0.1) is 0 Å². The van der Waals surface area contributed by atoms with Gasteiger partial charge < -0.3 is 5.11 Å². The van der Waals surface area contributed by atoms with Crippen LogP contribution in [0.15, 0.2) is 48.5 Å². The molecule has 2 rings (SSSR count). The van der Waals surface area contributed by atoms with Gasteiger partial charge in [0, 0.05) is 12.0 Å². The number of benzene rings is 2. The first-order valence-corrected chi connectivity index (χ1v) is 6.22. The van der Waals surface area contributed by atoms with Gasteiger partial charge >= 0.3 is 5.97 Å². The number of aliphatic carboxylic acids is 1. The monoisotopic (exact) mass is 258 g/mol. The van der Waals surface area contributed by atoms with Crippen LogP contribution < -0.4 is 0 Å².